The Labute approximate surface area is 221 Å². The van der Waals surface area contributed by atoms with Crippen LogP contribution in [-0.2, 0) is 11.2 Å². The molecule has 1 saturated heterocycles. The van der Waals surface area contributed by atoms with Crippen LogP contribution in [0.3, 0.4) is 0 Å². The van der Waals surface area contributed by atoms with Crippen molar-refractivity contribution in [2.24, 2.45) is 11.3 Å². The van der Waals surface area contributed by atoms with Gasteiger partial charge in [0.15, 0.2) is 0 Å². The van der Waals surface area contributed by atoms with E-state index in [2.05, 4.69) is 31.3 Å². The molecule has 2 aromatic rings. The number of benzene rings is 2. The van der Waals surface area contributed by atoms with Gasteiger partial charge in [-0.3, -0.25) is 9.59 Å². The van der Waals surface area contributed by atoms with Gasteiger partial charge in [0, 0.05) is 18.7 Å². The predicted octanol–water partition coefficient (Wildman–Crippen LogP) is 5.64. The fourth-order valence-corrected chi connectivity index (χ4v) is 5.72. The number of methoxy groups -OCH3 is 1. The zero-order chi connectivity index (χ0) is 26.3. The predicted molar refractivity (Wildman–Crippen MR) is 146 cm³/mol. The molecule has 1 atom stereocenters. The van der Waals surface area contributed by atoms with E-state index in [9.17, 15) is 9.59 Å². The van der Waals surface area contributed by atoms with E-state index in [1.165, 1.54) is 5.56 Å². The molecule has 6 nitrogen and oxygen atoms in total. The molecule has 1 N–H and O–H groups in total. The molecule has 0 unspecified atom stereocenters. The number of hydrogen-bond donors (Lipinski definition) is 1. The summed E-state index contributed by atoms with van der Waals surface area (Å²) in [5, 5.41) is 3.39. The number of carbonyl (C=O) groups excluding carboxylic acids is 2. The summed E-state index contributed by atoms with van der Waals surface area (Å²) in [6, 6.07) is 15.5. The van der Waals surface area contributed by atoms with Crippen LogP contribution in [0.2, 0.25) is 0 Å². The van der Waals surface area contributed by atoms with Crippen LogP contribution in [0.1, 0.15) is 74.7 Å². The number of ether oxygens (including phenoxy) is 2. The van der Waals surface area contributed by atoms with Gasteiger partial charge < -0.3 is 19.7 Å². The van der Waals surface area contributed by atoms with Gasteiger partial charge >= 0.3 is 0 Å². The molecule has 2 amide bonds. The van der Waals surface area contributed by atoms with Crippen LogP contribution in [0.15, 0.2) is 48.5 Å². The standard InChI is InChI=1S/C31H42N2O4/c1-23(2)21-26-22-37-28-11-7-6-10-24(28)9-5-4-8-16-31(30(35)32-26)17-19-33(20-18-31)29(34)25-12-14-27(36-3)15-13-25/h6-7,10-15,23,26H,4-5,8-9,16-22H2,1-3H3,(H,32,35)/t26-/m0/s1. The Hall–Kier alpha value is -3.02. The maximum Gasteiger partial charge on any atom is 0.253 e. The number of amides is 2. The first-order valence-electron chi connectivity index (χ1n) is 13.9. The molecule has 2 heterocycles. The lowest BCUT2D eigenvalue weighted by Gasteiger charge is -2.41. The van der Waals surface area contributed by atoms with Gasteiger partial charge in [-0.25, -0.2) is 0 Å². The summed E-state index contributed by atoms with van der Waals surface area (Å²) in [6.45, 7) is 6.02. The third kappa shape index (κ3) is 6.85. The maximum absolute atomic E-state index is 13.9. The van der Waals surface area contributed by atoms with Crippen molar-refractivity contribution in [2.45, 2.75) is 71.3 Å². The zero-order valence-corrected chi connectivity index (χ0v) is 22.6. The SMILES string of the molecule is COc1ccc(C(=O)N2CCC3(CCCCCc4ccccc4OC[C@H](CC(C)C)NC3=O)CC2)cc1. The van der Waals surface area contributed by atoms with E-state index in [1.54, 1.807) is 7.11 Å². The number of rotatable bonds is 4. The number of fused-ring (bicyclic) bond motifs is 1. The fourth-order valence-electron chi connectivity index (χ4n) is 5.72. The first-order chi connectivity index (χ1) is 17.9. The second-order valence-electron chi connectivity index (χ2n) is 11.1. The third-order valence-corrected chi connectivity index (χ3v) is 7.93. The van der Waals surface area contributed by atoms with Crippen molar-refractivity contribution in [3.05, 3.63) is 59.7 Å². The second kappa shape index (κ2) is 12.5. The van der Waals surface area contributed by atoms with Crippen molar-refractivity contribution in [1.29, 1.82) is 0 Å². The minimum atomic E-state index is -0.438. The quantitative estimate of drug-likeness (QED) is 0.582. The van der Waals surface area contributed by atoms with Crippen molar-refractivity contribution in [1.82, 2.24) is 10.2 Å². The highest BCUT2D eigenvalue weighted by molar-refractivity contribution is 5.94. The van der Waals surface area contributed by atoms with Crippen LogP contribution in [-0.4, -0.2) is 49.6 Å². The van der Waals surface area contributed by atoms with Gasteiger partial charge in [-0.05, 0) is 80.3 Å². The summed E-state index contributed by atoms with van der Waals surface area (Å²) in [5.41, 5.74) is 1.47. The highest BCUT2D eigenvalue weighted by Crippen LogP contribution is 2.38. The van der Waals surface area contributed by atoms with E-state index in [0.717, 1.165) is 50.0 Å². The van der Waals surface area contributed by atoms with Gasteiger partial charge in [-0.1, -0.05) is 44.9 Å². The molecule has 200 valence electrons. The van der Waals surface area contributed by atoms with Crippen LogP contribution in [0, 0.1) is 11.3 Å². The van der Waals surface area contributed by atoms with Crippen LogP contribution in [0.5, 0.6) is 11.5 Å². The number of aryl methyl sites for hydroxylation is 1. The summed E-state index contributed by atoms with van der Waals surface area (Å²) < 4.78 is 11.5. The summed E-state index contributed by atoms with van der Waals surface area (Å²) in [4.78, 5) is 28.9. The van der Waals surface area contributed by atoms with E-state index in [1.807, 2.05) is 41.3 Å². The third-order valence-electron chi connectivity index (χ3n) is 7.93. The minimum absolute atomic E-state index is 0.0198. The maximum atomic E-state index is 13.9. The normalized spacial score (nSPS) is 20.6. The lowest BCUT2D eigenvalue weighted by molar-refractivity contribution is -0.135. The Bertz CT molecular complexity index is 1040. The first kappa shape index (κ1) is 27.0. The van der Waals surface area contributed by atoms with E-state index < -0.39 is 5.41 Å². The Morgan fingerprint density at radius 1 is 1.05 bits per heavy atom. The summed E-state index contributed by atoms with van der Waals surface area (Å²) in [5.74, 6) is 2.26. The molecule has 2 aromatic carbocycles. The fraction of sp³-hybridized carbons (Fsp3) is 0.548. The Balaban J connectivity index is 1.47. The largest absolute Gasteiger partial charge is 0.497 e. The minimum Gasteiger partial charge on any atom is -0.497 e. The average molecular weight is 507 g/mol. The van der Waals surface area contributed by atoms with Gasteiger partial charge in [-0.2, -0.15) is 0 Å². The average Bonchev–Trinajstić information content (AvgIpc) is 2.92. The Morgan fingerprint density at radius 3 is 2.49 bits per heavy atom. The highest BCUT2D eigenvalue weighted by atomic mass is 16.5. The molecule has 0 radical (unpaired) electrons. The summed E-state index contributed by atoms with van der Waals surface area (Å²) >= 11 is 0. The molecule has 0 aromatic heterocycles. The second-order valence-corrected chi connectivity index (χ2v) is 11.1. The lowest BCUT2D eigenvalue weighted by atomic mass is 9.73. The molecule has 0 aliphatic carbocycles. The highest BCUT2D eigenvalue weighted by Gasteiger charge is 2.42. The van der Waals surface area contributed by atoms with Crippen LogP contribution >= 0.6 is 0 Å². The molecular formula is C31H42N2O4. The Kier molecular flexibility index (Phi) is 9.12. The lowest BCUT2D eigenvalue weighted by Crippen LogP contribution is -2.53. The van der Waals surface area contributed by atoms with E-state index in [4.69, 9.17) is 9.47 Å². The molecule has 1 fully saturated rings. The summed E-state index contributed by atoms with van der Waals surface area (Å²) in [6.07, 6.45) is 7.27. The molecule has 0 bridgehead atoms. The van der Waals surface area contributed by atoms with Gasteiger partial charge in [0.25, 0.3) is 5.91 Å². The van der Waals surface area contributed by atoms with E-state index >= 15 is 0 Å². The van der Waals surface area contributed by atoms with Gasteiger partial charge in [0.05, 0.1) is 18.6 Å². The van der Waals surface area contributed by atoms with Gasteiger partial charge in [-0.15, -0.1) is 0 Å². The molecule has 6 heteroatoms. The van der Waals surface area contributed by atoms with E-state index in [0.29, 0.717) is 44.0 Å². The molecular weight excluding hydrogens is 464 g/mol. The molecule has 37 heavy (non-hydrogen) atoms. The molecule has 2 aliphatic rings. The van der Waals surface area contributed by atoms with Gasteiger partial charge in [0.1, 0.15) is 18.1 Å². The van der Waals surface area contributed by atoms with Crippen molar-refractivity contribution in [3.8, 4) is 11.5 Å². The van der Waals surface area contributed by atoms with Crippen LogP contribution in [0.4, 0.5) is 0 Å². The Morgan fingerprint density at radius 2 is 1.78 bits per heavy atom. The topological polar surface area (TPSA) is 67.9 Å². The van der Waals surface area contributed by atoms with Crippen molar-refractivity contribution in [2.75, 3.05) is 26.8 Å². The van der Waals surface area contributed by atoms with Crippen LogP contribution < -0.4 is 14.8 Å². The van der Waals surface area contributed by atoms with Crippen molar-refractivity contribution < 1.29 is 19.1 Å². The number of para-hydroxylation sites is 1. The molecule has 1 spiro atoms. The number of nitrogens with zero attached hydrogens (tertiary/aromatic N) is 1. The molecule has 2 aliphatic heterocycles. The van der Waals surface area contributed by atoms with E-state index in [-0.39, 0.29) is 17.9 Å². The number of hydrogen-bond acceptors (Lipinski definition) is 4. The van der Waals surface area contributed by atoms with Crippen molar-refractivity contribution >= 4 is 11.8 Å². The summed E-state index contributed by atoms with van der Waals surface area (Å²) in [7, 11) is 1.62. The number of likely N-dealkylation sites (tertiary alicyclic amines) is 1. The number of piperidine rings is 1. The van der Waals surface area contributed by atoms with Crippen molar-refractivity contribution in [3.63, 3.8) is 0 Å². The van der Waals surface area contributed by atoms with Crippen LogP contribution in [0.25, 0.3) is 0 Å². The van der Waals surface area contributed by atoms with Gasteiger partial charge in [0.2, 0.25) is 5.91 Å². The monoisotopic (exact) mass is 506 g/mol. The zero-order valence-electron chi connectivity index (χ0n) is 22.6. The number of nitrogens with one attached hydrogen (secondary N) is 1. The first-order valence-corrected chi connectivity index (χ1v) is 13.9. The smallest absolute Gasteiger partial charge is 0.253 e. The molecule has 4 rings (SSSR count). The molecule has 0 saturated carbocycles. The number of carbonyl (C=O) groups is 2.